The minimum atomic E-state index is -0.314. The van der Waals surface area contributed by atoms with Crippen LogP contribution in [0, 0.1) is 0 Å². The van der Waals surface area contributed by atoms with Crippen LogP contribution in [-0.2, 0) is 16.1 Å². The second-order valence-electron chi connectivity index (χ2n) is 5.35. The standard InChI is InChI=1S/C15H21N3O2S/c19-15(18-6-9-21-10-7-18)14-12-17(5-8-20-14)11-13-3-1-2-4-16-13/h1-4,14H,5-12H2. The molecule has 0 saturated carbocycles. The van der Waals surface area contributed by atoms with Gasteiger partial charge in [-0.15, -0.1) is 0 Å². The van der Waals surface area contributed by atoms with E-state index in [0.717, 1.165) is 43.4 Å². The third-order valence-corrected chi connectivity index (χ3v) is 4.80. The van der Waals surface area contributed by atoms with Gasteiger partial charge in [0.15, 0.2) is 0 Å². The molecule has 0 N–H and O–H groups in total. The van der Waals surface area contributed by atoms with Gasteiger partial charge in [0, 0.05) is 50.4 Å². The van der Waals surface area contributed by atoms with Gasteiger partial charge in [-0.1, -0.05) is 6.07 Å². The van der Waals surface area contributed by atoms with E-state index in [1.54, 1.807) is 0 Å². The van der Waals surface area contributed by atoms with E-state index in [1.807, 2.05) is 41.1 Å². The minimum Gasteiger partial charge on any atom is -0.366 e. The quantitative estimate of drug-likeness (QED) is 0.829. The number of amides is 1. The summed E-state index contributed by atoms with van der Waals surface area (Å²) in [6.45, 7) is 4.62. The second kappa shape index (κ2) is 7.24. The fraction of sp³-hybridized carbons (Fsp3) is 0.600. The van der Waals surface area contributed by atoms with Crippen LogP contribution in [0.15, 0.2) is 24.4 Å². The van der Waals surface area contributed by atoms with E-state index in [1.165, 1.54) is 0 Å². The van der Waals surface area contributed by atoms with Crippen LogP contribution in [0.2, 0.25) is 0 Å². The number of hydrogen-bond acceptors (Lipinski definition) is 5. The minimum absolute atomic E-state index is 0.154. The first-order valence-corrected chi connectivity index (χ1v) is 8.59. The van der Waals surface area contributed by atoms with Gasteiger partial charge in [-0.3, -0.25) is 14.7 Å². The Morgan fingerprint density at radius 2 is 2.19 bits per heavy atom. The molecule has 1 aromatic rings. The van der Waals surface area contributed by atoms with Gasteiger partial charge in [-0.05, 0) is 12.1 Å². The van der Waals surface area contributed by atoms with E-state index in [9.17, 15) is 4.79 Å². The van der Waals surface area contributed by atoms with Crippen molar-refractivity contribution in [3.8, 4) is 0 Å². The molecule has 0 aromatic carbocycles. The maximum absolute atomic E-state index is 12.5. The molecule has 1 aromatic heterocycles. The van der Waals surface area contributed by atoms with Gasteiger partial charge in [0.1, 0.15) is 6.10 Å². The molecule has 114 valence electrons. The van der Waals surface area contributed by atoms with Crippen LogP contribution >= 0.6 is 11.8 Å². The summed E-state index contributed by atoms with van der Waals surface area (Å²) < 4.78 is 5.70. The monoisotopic (exact) mass is 307 g/mol. The molecule has 2 saturated heterocycles. The maximum atomic E-state index is 12.5. The summed E-state index contributed by atoms with van der Waals surface area (Å²) in [4.78, 5) is 21.1. The van der Waals surface area contributed by atoms with Crippen molar-refractivity contribution in [2.45, 2.75) is 12.6 Å². The summed E-state index contributed by atoms with van der Waals surface area (Å²) in [6, 6.07) is 5.94. The Bertz CT molecular complexity index is 465. The number of aromatic nitrogens is 1. The lowest BCUT2D eigenvalue weighted by Crippen LogP contribution is -2.52. The number of hydrogen-bond donors (Lipinski definition) is 0. The largest absolute Gasteiger partial charge is 0.366 e. The molecule has 0 spiro atoms. The first kappa shape index (κ1) is 14.8. The highest BCUT2D eigenvalue weighted by molar-refractivity contribution is 7.99. The first-order valence-electron chi connectivity index (χ1n) is 7.43. The SMILES string of the molecule is O=C(C1CN(Cc2ccccn2)CCO1)N1CCSCC1. The lowest BCUT2D eigenvalue weighted by molar-refractivity contribution is -0.149. The predicted octanol–water partition coefficient (Wildman–Crippen LogP) is 0.858. The number of thioether (sulfide) groups is 1. The van der Waals surface area contributed by atoms with Gasteiger partial charge in [0.25, 0.3) is 5.91 Å². The number of nitrogens with zero attached hydrogens (tertiary/aromatic N) is 3. The van der Waals surface area contributed by atoms with Crippen molar-refractivity contribution in [3.63, 3.8) is 0 Å². The molecular formula is C15H21N3O2S. The molecule has 5 nitrogen and oxygen atoms in total. The molecule has 1 atom stereocenters. The molecule has 0 bridgehead atoms. The zero-order chi connectivity index (χ0) is 14.5. The Kier molecular flexibility index (Phi) is 5.11. The van der Waals surface area contributed by atoms with Crippen LogP contribution in [0.3, 0.4) is 0 Å². The van der Waals surface area contributed by atoms with Crippen molar-refractivity contribution in [1.82, 2.24) is 14.8 Å². The van der Waals surface area contributed by atoms with Crippen molar-refractivity contribution in [2.75, 3.05) is 44.3 Å². The highest BCUT2D eigenvalue weighted by atomic mass is 32.2. The molecule has 2 aliphatic rings. The number of rotatable bonds is 3. The highest BCUT2D eigenvalue weighted by Gasteiger charge is 2.30. The van der Waals surface area contributed by atoms with Crippen LogP contribution in [0.4, 0.5) is 0 Å². The van der Waals surface area contributed by atoms with Gasteiger partial charge >= 0.3 is 0 Å². The molecule has 21 heavy (non-hydrogen) atoms. The Labute approximate surface area is 129 Å². The fourth-order valence-corrected chi connectivity index (χ4v) is 3.61. The second-order valence-corrected chi connectivity index (χ2v) is 6.58. The van der Waals surface area contributed by atoms with E-state index in [2.05, 4.69) is 9.88 Å². The Morgan fingerprint density at radius 3 is 2.95 bits per heavy atom. The third kappa shape index (κ3) is 3.96. The highest BCUT2D eigenvalue weighted by Crippen LogP contribution is 2.15. The lowest BCUT2D eigenvalue weighted by Gasteiger charge is -2.35. The van der Waals surface area contributed by atoms with Gasteiger partial charge in [0.2, 0.25) is 0 Å². The molecule has 6 heteroatoms. The Hall–Kier alpha value is -1.11. The van der Waals surface area contributed by atoms with Gasteiger partial charge in [-0.2, -0.15) is 11.8 Å². The number of morpholine rings is 1. The number of carbonyl (C=O) groups excluding carboxylic acids is 1. The lowest BCUT2D eigenvalue weighted by atomic mass is 10.2. The summed E-state index contributed by atoms with van der Waals surface area (Å²) in [6.07, 6.45) is 1.50. The van der Waals surface area contributed by atoms with Crippen molar-refractivity contribution in [3.05, 3.63) is 30.1 Å². The molecule has 0 radical (unpaired) electrons. The molecule has 2 fully saturated rings. The molecular weight excluding hydrogens is 286 g/mol. The zero-order valence-corrected chi connectivity index (χ0v) is 12.9. The summed E-state index contributed by atoms with van der Waals surface area (Å²) in [5.74, 6) is 2.23. The number of ether oxygens (including phenoxy) is 1. The van der Waals surface area contributed by atoms with Gasteiger partial charge in [0.05, 0.1) is 12.3 Å². The van der Waals surface area contributed by atoms with Crippen LogP contribution in [0.1, 0.15) is 5.69 Å². The van der Waals surface area contributed by atoms with Crippen molar-refractivity contribution >= 4 is 17.7 Å². The molecule has 3 heterocycles. The molecule has 3 rings (SSSR count). The molecule has 2 aliphatic heterocycles. The topological polar surface area (TPSA) is 45.7 Å². The summed E-state index contributed by atoms with van der Waals surface area (Å²) in [5.41, 5.74) is 1.04. The smallest absolute Gasteiger partial charge is 0.253 e. The summed E-state index contributed by atoms with van der Waals surface area (Å²) in [7, 11) is 0. The van der Waals surface area contributed by atoms with Crippen molar-refractivity contribution in [2.24, 2.45) is 0 Å². The van der Waals surface area contributed by atoms with Crippen molar-refractivity contribution < 1.29 is 9.53 Å². The normalized spacial score (nSPS) is 24.0. The third-order valence-electron chi connectivity index (χ3n) is 3.86. The Balaban J connectivity index is 1.56. The number of carbonyl (C=O) groups is 1. The van der Waals surface area contributed by atoms with E-state index in [4.69, 9.17) is 4.74 Å². The number of pyridine rings is 1. The van der Waals surface area contributed by atoms with E-state index in [-0.39, 0.29) is 12.0 Å². The Morgan fingerprint density at radius 1 is 1.33 bits per heavy atom. The van der Waals surface area contributed by atoms with E-state index >= 15 is 0 Å². The first-order chi connectivity index (χ1) is 10.3. The molecule has 1 amide bonds. The van der Waals surface area contributed by atoms with Gasteiger partial charge < -0.3 is 9.64 Å². The van der Waals surface area contributed by atoms with Crippen LogP contribution < -0.4 is 0 Å². The zero-order valence-electron chi connectivity index (χ0n) is 12.1. The van der Waals surface area contributed by atoms with E-state index in [0.29, 0.717) is 13.2 Å². The van der Waals surface area contributed by atoms with Crippen LogP contribution in [-0.4, -0.2) is 71.1 Å². The average Bonchev–Trinajstić information content (AvgIpc) is 2.56. The molecule has 1 unspecified atom stereocenters. The average molecular weight is 307 g/mol. The van der Waals surface area contributed by atoms with Crippen molar-refractivity contribution in [1.29, 1.82) is 0 Å². The van der Waals surface area contributed by atoms with Crippen LogP contribution in [0.25, 0.3) is 0 Å². The summed E-state index contributed by atoms with van der Waals surface area (Å²) >= 11 is 1.91. The predicted molar refractivity (Wildman–Crippen MR) is 83.2 cm³/mol. The molecule has 0 aliphatic carbocycles. The maximum Gasteiger partial charge on any atom is 0.253 e. The van der Waals surface area contributed by atoms with Gasteiger partial charge in [-0.25, -0.2) is 0 Å². The van der Waals surface area contributed by atoms with Crippen LogP contribution in [0.5, 0.6) is 0 Å². The summed E-state index contributed by atoms with van der Waals surface area (Å²) in [5, 5.41) is 0. The van der Waals surface area contributed by atoms with E-state index < -0.39 is 0 Å². The fourth-order valence-electron chi connectivity index (χ4n) is 2.70.